The van der Waals surface area contributed by atoms with Crippen LogP contribution in [0.5, 0.6) is 11.5 Å². The summed E-state index contributed by atoms with van der Waals surface area (Å²) in [5.74, 6) is -0.908. The number of anilines is 1. The van der Waals surface area contributed by atoms with E-state index >= 15 is 0 Å². The molecule has 0 bridgehead atoms. The Morgan fingerprint density at radius 2 is 2.13 bits per heavy atom. The van der Waals surface area contributed by atoms with Crippen molar-refractivity contribution in [1.29, 1.82) is 5.26 Å². The molecule has 2 aromatic rings. The number of amides is 1. The predicted octanol–water partition coefficient (Wildman–Crippen LogP) is 3.76. The second kappa shape index (κ2) is 8.68. The molecule has 1 aliphatic heterocycles. The van der Waals surface area contributed by atoms with Crippen LogP contribution in [0.2, 0.25) is 5.02 Å². The van der Waals surface area contributed by atoms with Crippen LogP contribution < -0.4 is 14.5 Å². The highest BCUT2D eigenvalue weighted by molar-refractivity contribution is 6.34. The molecule has 2 aromatic carbocycles. The molecule has 0 atom stereocenters. The zero-order valence-electron chi connectivity index (χ0n) is 16.0. The zero-order valence-corrected chi connectivity index (χ0v) is 16.8. The number of carboxylic acid groups (broad SMARTS) is 1. The van der Waals surface area contributed by atoms with Crippen molar-refractivity contribution in [3.63, 3.8) is 0 Å². The molecule has 0 aliphatic carbocycles. The maximum absolute atomic E-state index is 13.0. The molecule has 1 aliphatic rings. The van der Waals surface area contributed by atoms with E-state index < -0.39 is 11.9 Å². The summed E-state index contributed by atoms with van der Waals surface area (Å²) in [4.78, 5) is 24.3. The summed E-state index contributed by atoms with van der Waals surface area (Å²) in [5, 5.41) is 23.5. The van der Waals surface area contributed by atoms with Crippen LogP contribution in [0.15, 0.2) is 47.1 Å². The van der Waals surface area contributed by atoms with Crippen LogP contribution in [0, 0.1) is 11.3 Å². The van der Waals surface area contributed by atoms with Gasteiger partial charge in [0.15, 0.2) is 18.1 Å². The van der Waals surface area contributed by atoms with E-state index in [1.54, 1.807) is 31.2 Å². The SMILES string of the molecule is COc1cccc(/C=C2\C(=O)N(c3ccc(Cl)c(C(=O)O)c3)N=C2C)c1OCC#N. The first-order valence-electron chi connectivity index (χ1n) is 8.68. The van der Waals surface area contributed by atoms with Crippen LogP contribution in [-0.4, -0.2) is 36.4 Å². The number of benzene rings is 2. The highest BCUT2D eigenvalue weighted by Gasteiger charge is 2.30. The van der Waals surface area contributed by atoms with Gasteiger partial charge in [0.1, 0.15) is 6.07 Å². The molecule has 1 N–H and O–H groups in total. The fourth-order valence-corrected chi connectivity index (χ4v) is 3.09. The quantitative estimate of drug-likeness (QED) is 0.705. The van der Waals surface area contributed by atoms with Gasteiger partial charge >= 0.3 is 5.97 Å². The number of ether oxygens (including phenoxy) is 2. The van der Waals surface area contributed by atoms with Gasteiger partial charge in [-0.3, -0.25) is 4.79 Å². The van der Waals surface area contributed by atoms with E-state index in [9.17, 15) is 14.7 Å². The topological polar surface area (TPSA) is 112 Å². The first-order valence-corrected chi connectivity index (χ1v) is 9.06. The number of hydrogen-bond donors (Lipinski definition) is 1. The Hall–Kier alpha value is -3.83. The number of hydrazone groups is 1. The fraction of sp³-hybridized carbons (Fsp3) is 0.143. The van der Waals surface area contributed by atoms with Gasteiger partial charge < -0.3 is 14.6 Å². The summed E-state index contributed by atoms with van der Waals surface area (Å²) < 4.78 is 10.8. The summed E-state index contributed by atoms with van der Waals surface area (Å²) >= 11 is 5.91. The van der Waals surface area contributed by atoms with Crippen LogP contribution in [0.25, 0.3) is 6.08 Å². The minimum absolute atomic E-state index is 0.0602. The van der Waals surface area contributed by atoms with E-state index in [-0.39, 0.29) is 28.5 Å². The molecule has 9 heteroatoms. The molecular weight excluding hydrogens is 410 g/mol. The Bertz CT molecular complexity index is 1130. The molecule has 3 rings (SSSR count). The molecule has 152 valence electrons. The second-order valence-electron chi connectivity index (χ2n) is 6.16. The number of nitriles is 1. The Labute approximate surface area is 177 Å². The van der Waals surface area contributed by atoms with E-state index in [1.165, 1.54) is 25.3 Å². The van der Waals surface area contributed by atoms with Crippen LogP contribution in [0.1, 0.15) is 22.8 Å². The van der Waals surface area contributed by atoms with E-state index in [0.29, 0.717) is 22.8 Å². The number of hydrogen-bond acceptors (Lipinski definition) is 6. The predicted molar refractivity (Wildman–Crippen MR) is 111 cm³/mol. The minimum Gasteiger partial charge on any atom is -0.493 e. The lowest BCUT2D eigenvalue weighted by Crippen LogP contribution is -2.21. The summed E-state index contributed by atoms with van der Waals surface area (Å²) in [7, 11) is 1.47. The van der Waals surface area contributed by atoms with E-state index in [1.807, 2.05) is 6.07 Å². The van der Waals surface area contributed by atoms with Crippen molar-refractivity contribution < 1.29 is 24.2 Å². The molecule has 0 fully saturated rings. The third-order valence-corrected chi connectivity index (χ3v) is 4.63. The van der Waals surface area contributed by atoms with Crippen molar-refractivity contribution >= 4 is 41.0 Å². The van der Waals surface area contributed by atoms with Gasteiger partial charge in [-0.1, -0.05) is 23.7 Å². The summed E-state index contributed by atoms with van der Waals surface area (Å²) in [5.41, 5.74) is 1.40. The second-order valence-corrected chi connectivity index (χ2v) is 6.56. The maximum atomic E-state index is 13.0. The number of nitrogens with zero attached hydrogens (tertiary/aromatic N) is 3. The molecule has 1 amide bonds. The average Bonchev–Trinajstić information content (AvgIpc) is 3.01. The van der Waals surface area contributed by atoms with Crippen molar-refractivity contribution in [3.8, 4) is 17.6 Å². The first kappa shape index (κ1) is 20.9. The normalized spacial score (nSPS) is 14.5. The Morgan fingerprint density at radius 1 is 1.37 bits per heavy atom. The van der Waals surface area contributed by atoms with E-state index in [0.717, 1.165) is 5.01 Å². The average molecular weight is 426 g/mol. The van der Waals surface area contributed by atoms with Crippen molar-refractivity contribution in [2.24, 2.45) is 5.10 Å². The highest BCUT2D eigenvalue weighted by Crippen LogP contribution is 2.34. The van der Waals surface area contributed by atoms with Crippen molar-refractivity contribution in [2.75, 3.05) is 18.7 Å². The molecule has 8 nitrogen and oxygen atoms in total. The largest absolute Gasteiger partial charge is 0.493 e. The molecule has 0 radical (unpaired) electrons. The number of para-hydroxylation sites is 1. The highest BCUT2D eigenvalue weighted by atomic mass is 35.5. The third kappa shape index (κ3) is 3.97. The lowest BCUT2D eigenvalue weighted by atomic mass is 10.1. The number of rotatable bonds is 6. The molecule has 0 spiro atoms. The van der Waals surface area contributed by atoms with Gasteiger partial charge in [0, 0.05) is 5.56 Å². The zero-order chi connectivity index (χ0) is 21.8. The molecule has 0 unspecified atom stereocenters. The number of halogens is 1. The summed E-state index contributed by atoms with van der Waals surface area (Å²) in [6, 6.07) is 11.2. The number of carboxylic acids is 1. The van der Waals surface area contributed by atoms with Crippen LogP contribution in [-0.2, 0) is 4.79 Å². The van der Waals surface area contributed by atoms with Crippen LogP contribution in [0.3, 0.4) is 0 Å². The standard InChI is InChI=1S/C21H16ClN3O5/c1-12-15(10-13-4-3-5-18(29-2)19(13)30-9-8-23)20(26)25(24-12)14-6-7-17(22)16(11-14)21(27)28/h3-7,10-11H,9H2,1-2H3,(H,27,28)/b15-10-. The van der Waals surface area contributed by atoms with Crippen molar-refractivity contribution in [3.05, 3.63) is 58.1 Å². The van der Waals surface area contributed by atoms with Gasteiger partial charge in [0.05, 0.1) is 34.7 Å². The molecule has 0 saturated carbocycles. The Balaban J connectivity index is 2.01. The molecule has 30 heavy (non-hydrogen) atoms. The van der Waals surface area contributed by atoms with Crippen molar-refractivity contribution in [1.82, 2.24) is 0 Å². The van der Waals surface area contributed by atoms with Gasteiger partial charge in [-0.25, -0.2) is 4.79 Å². The van der Waals surface area contributed by atoms with Gasteiger partial charge in [-0.05, 0) is 37.3 Å². The Morgan fingerprint density at radius 3 is 2.80 bits per heavy atom. The minimum atomic E-state index is -1.21. The maximum Gasteiger partial charge on any atom is 0.337 e. The lowest BCUT2D eigenvalue weighted by molar-refractivity contribution is -0.114. The summed E-state index contributed by atoms with van der Waals surface area (Å²) in [6.45, 7) is 1.47. The number of methoxy groups -OCH3 is 1. The monoisotopic (exact) mass is 425 g/mol. The van der Waals surface area contributed by atoms with Gasteiger partial charge in [-0.2, -0.15) is 15.4 Å². The molecule has 0 aromatic heterocycles. The number of carbonyl (C=O) groups excluding carboxylic acids is 1. The smallest absolute Gasteiger partial charge is 0.337 e. The van der Waals surface area contributed by atoms with Crippen molar-refractivity contribution in [2.45, 2.75) is 6.92 Å². The number of aromatic carboxylic acids is 1. The molecule has 1 heterocycles. The van der Waals surface area contributed by atoms with Gasteiger partial charge in [0.25, 0.3) is 5.91 Å². The van der Waals surface area contributed by atoms with Gasteiger partial charge in [0.2, 0.25) is 0 Å². The number of carbonyl (C=O) groups is 2. The summed E-state index contributed by atoms with van der Waals surface area (Å²) in [6.07, 6.45) is 1.59. The van der Waals surface area contributed by atoms with Crippen LogP contribution >= 0.6 is 11.6 Å². The third-order valence-electron chi connectivity index (χ3n) is 4.30. The van der Waals surface area contributed by atoms with E-state index in [4.69, 9.17) is 26.3 Å². The fourth-order valence-electron chi connectivity index (χ4n) is 2.89. The Kier molecular flexibility index (Phi) is 6.04. The van der Waals surface area contributed by atoms with Crippen LogP contribution in [0.4, 0.5) is 5.69 Å². The van der Waals surface area contributed by atoms with E-state index in [2.05, 4.69) is 5.10 Å². The molecule has 0 saturated heterocycles. The van der Waals surface area contributed by atoms with Gasteiger partial charge in [-0.15, -0.1) is 0 Å². The first-order chi connectivity index (χ1) is 14.4. The lowest BCUT2D eigenvalue weighted by Gasteiger charge is -2.13. The molecular formula is C21H16ClN3O5.